The number of aromatic nitrogens is 2. The summed E-state index contributed by atoms with van der Waals surface area (Å²) >= 11 is 7.11. The van der Waals surface area contributed by atoms with E-state index in [0.29, 0.717) is 46.7 Å². The monoisotopic (exact) mass is 1020 g/mol. The second-order valence-electron chi connectivity index (χ2n) is 16.5. The fourth-order valence-corrected chi connectivity index (χ4v) is 8.39. The molecular weight excluding hydrogens is 978 g/mol. The van der Waals surface area contributed by atoms with Crippen molar-refractivity contribution in [2.75, 3.05) is 10.6 Å². The summed E-state index contributed by atoms with van der Waals surface area (Å²) in [6.45, 7) is 7.62. The van der Waals surface area contributed by atoms with Crippen molar-refractivity contribution in [3.8, 4) is 0 Å². The van der Waals surface area contributed by atoms with Crippen molar-refractivity contribution in [3.63, 3.8) is 0 Å². The highest BCUT2D eigenvalue weighted by Gasteiger charge is 2.36. The number of amides is 5. The number of halogens is 2. The smallest absolute Gasteiger partial charge is 0.411 e. The van der Waals surface area contributed by atoms with Crippen LogP contribution in [0.15, 0.2) is 159 Å². The van der Waals surface area contributed by atoms with Crippen LogP contribution in [0.1, 0.15) is 101 Å². The average Bonchev–Trinajstić information content (AvgIpc) is 3.98. The number of ether oxygens (including phenoxy) is 1. The highest BCUT2D eigenvalue weighted by atomic mass is 79.9. The van der Waals surface area contributed by atoms with Gasteiger partial charge in [0.15, 0.2) is 0 Å². The van der Waals surface area contributed by atoms with E-state index in [2.05, 4.69) is 52.5 Å². The largest absolute Gasteiger partial charge is 0.447 e. The molecule has 0 aliphatic carbocycles. The molecule has 16 heteroatoms. The molecule has 4 heterocycles. The van der Waals surface area contributed by atoms with E-state index in [9.17, 15) is 19.2 Å². The molecule has 0 saturated carbocycles. The number of carbonyl (C=O) groups is 4. The van der Waals surface area contributed by atoms with Crippen molar-refractivity contribution >= 4 is 78.6 Å². The van der Waals surface area contributed by atoms with Gasteiger partial charge >= 0.3 is 12.1 Å². The molecule has 14 nitrogen and oxygen atoms in total. The van der Waals surface area contributed by atoms with E-state index in [1.54, 1.807) is 67.5 Å². The summed E-state index contributed by atoms with van der Waals surface area (Å²) in [5.41, 5.74) is 7.21. The molecule has 4 aromatic carbocycles. The van der Waals surface area contributed by atoms with Gasteiger partial charge in [-0.15, -0.1) is 0 Å². The van der Waals surface area contributed by atoms with Crippen molar-refractivity contribution in [2.24, 2.45) is 10.2 Å². The lowest BCUT2D eigenvalue weighted by Gasteiger charge is -2.28. The molecule has 6 aromatic rings. The van der Waals surface area contributed by atoms with Crippen LogP contribution in [0.2, 0.25) is 0 Å². The lowest BCUT2D eigenvalue weighted by atomic mass is 10.0. The standard InChI is InChI=1S/C51H47Br2N9O5/c1-31(2)60(50(65)56-39-20-13-33(14-21-39)44-28-46(42-9-5-7-25-54-42)61(58-44)48(63)35-11-18-38(52)19-12-35)30-37-27-36(17-24-41(37)53)49(64)62-47(43-10-6-8-26-55-43)29-45(59-62)34-15-22-40(23-16-34)57-51(66)67-32(3)4/h5-27,31-32,46-47H,28-30H2,1-4H3,(H,56,65)(H,57,66). The molecule has 2 aliphatic heterocycles. The minimum atomic E-state index is -0.544. The van der Waals surface area contributed by atoms with E-state index >= 15 is 0 Å². The molecule has 8 rings (SSSR count). The summed E-state index contributed by atoms with van der Waals surface area (Å²) in [6.07, 6.45) is 3.48. The van der Waals surface area contributed by atoms with Gasteiger partial charge in [0, 0.05) is 69.3 Å². The number of benzene rings is 4. The van der Waals surface area contributed by atoms with E-state index in [0.717, 1.165) is 37.0 Å². The minimum absolute atomic E-state index is 0.195. The molecule has 340 valence electrons. The quantitative estimate of drug-likeness (QED) is 0.123. The number of pyridine rings is 2. The highest BCUT2D eigenvalue weighted by molar-refractivity contribution is 9.10. The Kier molecular flexibility index (Phi) is 14.3. The van der Waals surface area contributed by atoms with Crippen molar-refractivity contribution in [1.29, 1.82) is 0 Å². The molecule has 2 aliphatic rings. The predicted octanol–water partition coefficient (Wildman–Crippen LogP) is 11.4. The Hall–Kier alpha value is -7.04. The average molecular weight is 1030 g/mol. The summed E-state index contributed by atoms with van der Waals surface area (Å²) in [7, 11) is 0. The summed E-state index contributed by atoms with van der Waals surface area (Å²) < 4.78 is 6.81. The van der Waals surface area contributed by atoms with Gasteiger partial charge in [-0.25, -0.2) is 19.6 Å². The van der Waals surface area contributed by atoms with Gasteiger partial charge in [0.2, 0.25) is 0 Å². The zero-order valence-corrected chi connectivity index (χ0v) is 40.3. The molecule has 0 bridgehead atoms. The second kappa shape index (κ2) is 20.6. The zero-order valence-electron chi connectivity index (χ0n) is 37.1. The number of rotatable bonds is 12. The Morgan fingerprint density at radius 1 is 0.657 bits per heavy atom. The Balaban J connectivity index is 0.974. The highest BCUT2D eigenvalue weighted by Crippen LogP contribution is 2.36. The fourth-order valence-electron chi connectivity index (χ4n) is 7.76. The van der Waals surface area contributed by atoms with Gasteiger partial charge in [-0.1, -0.05) is 68.3 Å². The van der Waals surface area contributed by atoms with Crippen LogP contribution in [0.25, 0.3) is 0 Å². The lowest BCUT2D eigenvalue weighted by molar-refractivity contribution is 0.0700. The van der Waals surface area contributed by atoms with Crippen LogP contribution in [0, 0.1) is 0 Å². The van der Waals surface area contributed by atoms with Crippen LogP contribution in [0.4, 0.5) is 21.0 Å². The van der Waals surface area contributed by atoms with Gasteiger partial charge in [-0.2, -0.15) is 10.2 Å². The first-order valence-electron chi connectivity index (χ1n) is 21.8. The predicted molar refractivity (Wildman–Crippen MR) is 265 cm³/mol. The summed E-state index contributed by atoms with van der Waals surface area (Å²) in [5.74, 6) is -0.557. The number of nitrogens with zero attached hydrogens (tertiary/aromatic N) is 7. The van der Waals surface area contributed by atoms with Gasteiger partial charge in [0.05, 0.1) is 28.9 Å². The minimum Gasteiger partial charge on any atom is -0.447 e. The van der Waals surface area contributed by atoms with Crippen LogP contribution in [0.3, 0.4) is 0 Å². The first-order chi connectivity index (χ1) is 32.3. The molecule has 2 atom stereocenters. The zero-order chi connectivity index (χ0) is 47.2. The lowest BCUT2D eigenvalue weighted by Crippen LogP contribution is -2.39. The Morgan fingerprint density at radius 3 is 1.66 bits per heavy atom. The summed E-state index contributed by atoms with van der Waals surface area (Å²) in [5, 5.41) is 18.4. The Morgan fingerprint density at radius 2 is 1.16 bits per heavy atom. The van der Waals surface area contributed by atoms with E-state index in [1.807, 2.05) is 105 Å². The van der Waals surface area contributed by atoms with E-state index < -0.39 is 12.1 Å². The van der Waals surface area contributed by atoms with Gasteiger partial charge in [0.1, 0.15) is 12.1 Å². The van der Waals surface area contributed by atoms with Crippen LogP contribution >= 0.6 is 31.9 Å². The maximum atomic E-state index is 14.5. The van der Waals surface area contributed by atoms with Gasteiger partial charge < -0.3 is 15.0 Å². The number of nitrogens with one attached hydrogen (secondary N) is 2. The van der Waals surface area contributed by atoms with Crippen LogP contribution in [-0.4, -0.2) is 72.4 Å². The van der Waals surface area contributed by atoms with Gasteiger partial charge in [0.25, 0.3) is 11.8 Å². The van der Waals surface area contributed by atoms with Crippen LogP contribution < -0.4 is 10.6 Å². The molecule has 2 N–H and O–H groups in total. The number of carbonyl (C=O) groups excluding carboxylic acids is 4. The first kappa shape index (κ1) is 46.5. The molecule has 0 fully saturated rings. The molecule has 2 aromatic heterocycles. The van der Waals surface area contributed by atoms with Gasteiger partial charge in [-0.05, 0) is 135 Å². The number of hydrogen-bond donors (Lipinski definition) is 2. The first-order valence-corrected chi connectivity index (χ1v) is 23.3. The summed E-state index contributed by atoms with van der Waals surface area (Å²) in [4.78, 5) is 65.2. The Labute approximate surface area is 405 Å². The topological polar surface area (TPSA) is 162 Å². The van der Waals surface area contributed by atoms with Gasteiger partial charge in [-0.3, -0.25) is 24.9 Å². The molecule has 0 saturated heterocycles. The summed E-state index contributed by atoms with van der Waals surface area (Å²) in [6, 6.07) is 36.9. The molecule has 0 spiro atoms. The van der Waals surface area contributed by atoms with Crippen molar-refractivity contribution in [3.05, 3.63) is 188 Å². The number of hydrazone groups is 2. The van der Waals surface area contributed by atoms with Crippen molar-refractivity contribution in [1.82, 2.24) is 24.9 Å². The molecule has 67 heavy (non-hydrogen) atoms. The van der Waals surface area contributed by atoms with Crippen LogP contribution in [0.5, 0.6) is 0 Å². The molecule has 0 radical (unpaired) electrons. The fraction of sp³-hybridized carbons (Fsp3) is 0.216. The molecule has 5 amide bonds. The maximum absolute atomic E-state index is 14.5. The third-order valence-electron chi connectivity index (χ3n) is 11.2. The van der Waals surface area contributed by atoms with E-state index in [-0.39, 0.29) is 42.6 Å². The van der Waals surface area contributed by atoms with Crippen LogP contribution in [-0.2, 0) is 11.3 Å². The van der Waals surface area contributed by atoms with E-state index in [4.69, 9.17) is 14.9 Å². The third kappa shape index (κ3) is 11.0. The van der Waals surface area contributed by atoms with Crippen molar-refractivity contribution in [2.45, 2.75) is 71.3 Å². The van der Waals surface area contributed by atoms with Crippen molar-refractivity contribution < 1.29 is 23.9 Å². The normalized spacial score (nSPS) is 15.6. The maximum Gasteiger partial charge on any atom is 0.411 e. The Bertz CT molecular complexity index is 2830. The number of urea groups is 1. The SMILES string of the molecule is CC(C)OC(=O)Nc1ccc(C2=NN(C(=O)c3ccc(Br)c(CN(C(=O)Nc4ccc(C5=NN(C(=O)c6ccc(Br)cc6)C(c6ccccn6)C5)cc4)C(C)C)c3)C(c3ccccn3)C2)cc1. The van der Waals surface area contributed by atoms with E-state index in [1.165, 1.54) is 10.0 Å². The number of anilines is 2. The third-order valence-corrected chi connectivity index (χ3v) is 12.5. The second-order valence-corrected chi connectivity index (χ2v) is 18.3. The molecule has 2 unspecified atom stereocenters. The number of hydrogen-bond acceptors (Lipinski definition) is 9. The molecular formula is C51H47Br2N9O5.